The average Bonchev–Trinajstić information content (AvgIpc) is 2.51. The van der Waals surface area contributed by atoms with Gasteiger partial charge in [-0.1, -0.05) is 0 Å². The summed E-state index contributed by atoms with van der Waals surface area (Å²) in [6.45, 7) is 4.20. The molecule has 0 unspecified atom stereocenters. The molecule has 0 bridgehead atoms. The molecule has 0 aromatic heterocycles. The Morgan fingerprint density at radius 2 is 1.92 bits per heavy atom. The van der Waals surface area contributed by atoms with Crippen molar-refractivity contribution in [1.29, 1.82) is 0 Å². The maximum Gasteiger partial charge on any atom is 0.353 e. The number of hydrogen-bond acceptors (Lipinski definition) is 8. The molecule has 10 heteroatoms. The first kappa shape index (κ1) is 21.8. The van der Waals surface area contributed by atoms with Gasteiger partial charge in [0.05, 0.1) is 26.1 Å². The van der Waals surface area contributed by atoms with E-state index in [1.165, 1.54) is 11.9 Å². The van der Waals surface area contributed by atoms with Gasteiger partial charge in [0.1, 0.15) is 6.10 Å². The molecule has 2 atom stereocenters. The van der Waals surface area contributed by atoms with Gasteiger partial charge in [-0.2, -0.15) is 8.42 Å². The Morgan fingerprint density at radius 3 is 2.42 bits per heavy atom. The summed E-state index contributed by atoms with van der Waals surface area (Å²) in [5, 5.41) is 0. The van der Waals surface area contributed by atoms with E-state index in [0.717, 1.165) is 19.1 Å². The molecule has 1 rings (SSSR count). The number of rotatable bonds is 11. The van der Waals surface area contributed by atoms with Crippen LogP contribution in [0, 0.1) is 0 Å². The minimum atomic E-state index is -3.62. The average molecular weight is 386 g/mol. The van der Waals surface area contributed by atoms with Gasteiger partial charge in [0.25, 0.3) is 10.1 Å². The SMILES string of the molecule is CCOP(=O)(C=C[C@H](COS(C)(=O)=O)O[C@H]1CCCCO1)OCC. The van der Waals surface area contributed by atoms with Gasteiger partial charge in [0.15, 0.2) is 6.29 Å². The quantitative estimate of drug-likeness (QED) is 0.395. The van der Waals surface area contributed by atoms with Crippen LogP contribution in [0.2, 0.25) is 0 Å². The second-order valence-corrected chi connectivity index (χ2v) is 8.71. The van der Waals surface area contributed by atoms with Gasteiger partial charge < -0.3 is 18.5 Å². The summed E-state index contributed by atoms with van der Waals surface area (Å²) >= 11 is 0. The molecule has 0 N–H and O–H groups in total. The van der Waals surface area contributed by atoms with E-state index in [4.69, 9.17) is 22.7 Å². The van der Waals surface area contributed by atoms with E-state index < -0.39 is 30.1 Å². The first-order valence-corrected chi connectivity index (χ1v) is 11.4. The third-order valence-electron chi connectivity index (χ3n) is 3.01. The molecule has 0 aromatic rings. The van der Waals surface area contributed by atoms with Crippen LogP contribution in [0.4, 0.5) is 0 Å². The highest BCUT2D eigenvalue weighted by molar-refractivity contribution is 7.85. The fraction of sp³-hybridized carbons (Fsp3) is 0.857. The molecule has 1 aliphatic rings. The summed E-state index contributed by atoms with van der Waals surface area (Å²) in [6.07, 6.45) is 3.82. The Labute approximate surface area is 144 Å². The molecule has 1 saturated heterocycles. The molecule has 8 nitrogen and oxygen atoms in total. The van der Waals surface area contributed by atoms with Gasteiger partial charge in [-0.3, -0.25) is 8.75 Å². The van der Waals surface area contributed by atoms with Crippen molar-refractivity contribution in [1.82, 2.24) is 0 Å². The van der Waals surface area contributed by atoms with Crippen molar-refractivity contribution < 1.29 is 35.7 Å². The molecular weight excluding hydrogens is 359 g/mol. The molecule has 1 heterocycles. The second-order valence-electron chi connectivity index (χ2n) is 5.18. The maximum atomic E-state index is 12.4. The standard InChI is InChI=1S/C14H27O8PS/c1-4-19-23(15,20-5-2)11-9-13(12-21-24(3,16)17)22-14-8-6-7-10-18-14/h9,11,13-14H,4-8,10,12H2,1-3H3/t13-,14+/m1/s1. The summed E-state index contributed by atoms with van der Waals surface area (Å²) in [5.41, 5.74) is 0. The van der Waals surface area contributed by atoms with Crippen LogP contribution < -0.4 is 0 Å². The second kappa shape index (κ2) is 10.7. The predicted molar refractivity (Wildman–Crippen MR) is 89.3 cm³/mol. The van der Waals surface area contributed by atoms with Crippen molar-refractivity contribution in [3.05, 3.63) is 11.9 Å². The lowest BCUT2D eigenvalue weighted by Gasteiger charge is -2.26. The Hall–Kier alpha value is -0.280. The van der Waals surface area contributed by atoms with Crippen molar-refractivity contribution in [3.8, 4) is 0 Å². The van der Waals surface area contributed by atoms with Crippen LogP contribution in [-0.2, 0) is 37.4 Å². The van der Waals surface area contributed by atoms with E-state index in [2.05, 4.69) is 0 Å². The Balaban J connectivity index is 2.77. The summed E-state index contributed by atoms with van der Waals surface area (Å²) in [7, 11) is -7.02. The molecule has 0 aliphatic carbocycles. The van der Waals surface area contributed by atoms with Crippen LogP contribution in [0.15, 0.2) is 11.9 Å². The number of hydrogen-bond donors (Lipinski definition) is 0. The highest BCUT2D eigenvalue weighted by atomic mass is 32.2. The zero-order chi connectivity index (χ0) is 18.1. The van der Waals surface area contributed by atoms with Crippen molar-refractivity contribution in [2.24, 2.45) is 0 Å². The Morgan fingerprint density at radius 1 is 1.25 bits per heavy atom. The molecule has 0 saturated carbocycles. The molecule has 0 radical (unpaired) electrons. The van der Waals surface area contributed by atoms with E-state index in [1.807, 2.05) is 0 Å². The van der Waals surface area contributed by atoms with E-state index in [0.29, 0.717) is 13.0 Å². The van der Waals surface area contributed by atoms with Gasteiger partial charge in [-0.15, -0.1) is 0 Å². The Bertz CT molecular complexity index is 517. The van der Waals surface area contributed by atoms with Crippen LogP contribution in [0.25, 0.3) is 0 Å². The van der Waals surface area contributed by atoms with E-state index in [-0.39, 0.29) is 19.8 Å². The zero-order valence-corrected chi connectivity index (χ0v) is 16.1. The normalized spacial score (nSPS) is 21.2. The topological polar surface area (TPSA) is 97.4 Å². The third-order valence-corrected chi connectivity index (χ3v) is 5.35. The van der Waals surface area contributed by atoms with Crippen molar-refractivity contribution in [3.63, 3.8) is 0 Å². The van der Waals surface area contributed by atoms with Crippen LogP contribution in [-0.4, -0.2) is 53.5 Å². The Kier molecular flexibility index (Phi) is 9.66. The van der Waals surface area contributed by atoms with Crippen LogP contribution in [0.3, 0.4) is 0 Å². The van der Waals surface area contributed by atoms with E-state index >= 15 is 0 Å². The molecule has 142 valence electrons. The van der Waals surface area contributed by atoms with Crippen molar-refractivity contribution in [2.45, 2.75) is 45.5 Å². The first-order valence-electron chi connectivity index (χ1n) is 7.97. The smallest absolute Gasteiger partial charge is 0.353 e. The molecule has 1 fully saturated rings. The van der Waals surface area contributed by atoms with Gasteiger partial charge >= 0.3 is 7.60 Å². The third kappa shape index (κ3) is 9.27. The molecule has 0 amide bonds. The van der Waals surface area contributed by atoms with Crippen LogP contribution in [0.1, 0.15) is 33.1 Å². The zero-order valence-electron chi connectivity index (χ0n) is 14.4. The van der Waals surface area contributed by atoms with Gasteiger partial charge in [0, 0.05) is 12.4 Å². The van der Waals surface area contributed by atoms with Gasteiger partial charge in [0.2, 0.25) is 0 Å². The lowest BCUT2D eigenvalue weighted by Crippen LogP contribution is -2.30. The fourth-order valence-corrected chi connectivity index (χ4v) is 3.78. The lowest BCUT2D eigenvalue weighted by atomic mass is 10.2. The molecule has 0 spiro atoms. The minimum Gasteiger partial charge on any atom is -0.353 e. The molecule has 24 heavy (non-hydrogen) atoms. The monoisotopic (exact) mass is 386 g/mol. The maximum absolute atomic E-state index is 12.4. The van der Waals surface area contributed by atoms with Crippen molar-refractivity contribution >= 4 is 17.7 Å². The molecular formula is C14H27O8PS. The van der Waals surface area contributed by atoms with Crippen LogP contribution in [0.5, 0.6) is 0 Å². The number of ether oxygens (including phenoxy) is 2. The van der Waals surface area contributed by atoms with E-state index in [9.17, 15) is 13.0 Å². The van der Waals surface area contributed by atoms with Gasteiger partial charge in [-0.05, 0) is 39.2 Å². The summed E-state index contributed by atoms with van der Waals surface area (Å²) in [5.74, 6) is 1.28. The predicted octanol–water partition coefficient (Wildman–Crippen LogP) is 2.65. The largest absolute Gasteiger partial charge is 0.353 e. The van der Waals surface area contributed by atoms with E-state index in [1.54, 1.807) is 13.8 Å². The van der Waals surface area contributed by atoms with Crippen molar-refractivity contribution in [2.75, 3.05) is 32.7 Å². The minimum absolute atomic E-state index is 0.221. The molecule has 1 aliphatic heterocycles. The van der Waals surface area contributed by atoms with Gasteiger partial charge in [-0.25, -0.2) is 0 Å². The summed E-state index contributed by atoms with van der Waals surface area (Å²) in [4.78, 5) is 0. The lowest BCUT2D eigenvalue weighted by molar-refractivity contribution is -0.182. The fourth-order valence-electron chi connectivity index (χ4n) is 2.03. The summed E-state index contributed by atoms with van der Waals surface area (Å²) in [6, 6.07) is 0. The molecule has 0 aromatic carbocycles. The highest BCUT2D eigenvalue weighted by Gasteiger charge is 2.23. The summed E-state index contributed by atoms with van der Waals surface area (Å²) < 4.78 is 61.1. The van der Waals surface area contributed by atoms with Crippen LogP contribution >= 0.6 is 7.60 Å². The highest BCUT2D eigenvalue weighted by Crippen LogP contribution is 2.49. The first-order chi connectivity index (χ1) is 11.3.